The van der Waals surface area contributed by atoms with Crippen molar-refractivity contribution >= 4 is 11.6 Å². The highest BCUT2D eigenvalue weighted by molar-refractivity contribution is 6.08. The van der Waals surface area contributed by atoms with E-state index in [-0.39, 0.29) is 5.91 Å². The van der Waals surface area contributed by atoms with Crippen molar-refractivity contribution in [1.82, 2.24) is 9.78 Å². The van der Waals surface area contributed by atoms with Gasteiger partial charge in [-0.3, -0.25) is 4.79 Å². The number of hydrogen-bond acceptors (Lipinski definition) is 4. The minimum atomic E-state index is -0.257. The Morgan fingerprint density at radius 3 is 2.45 bits per heavy atom. The average molecular weight is 413 g/mol. The van der Waals surface area contributed by atoms with Gasteiger partial charge in [0.15, 0.2) is 0 Å². The van der Waals surface area contributed by atoms with Crippen molar-refractivity contribution in [2.24, 2.45) is 0 Å². The molecule has 1 heterocycles. The third-order valence-electron chi connectivity index (χ3n) is 4.92. The highest BCUT2D eigenvalue weighted by Gasteiger charge is 2.22. The van der Waals surface area contributed by atoms with Crippen molar-refractivity contribution in [3.05, 3.63) is 90.1 Å². The Kier molecular flexibility index (Phi) is 5.71. The molecule has 3 aromatic carbocycles. The Hall–Kier alpha value is -4.06. The van der Waals surface area contributed by atoms with Gasteiger partial charge in [-0.2, -0.15) is 5.10 Å². The predicted molar refractivity (Wildman–Crippen MR) is 121 cm³/mol. The lowest BCUT2D eigenvalue weighted by Crippen LogP contribution is -2.12. The van der Waals surface area contributed by atoms with Gasteiger partial charge in [-0.25, -0.2) is 4.68 Å². The lowest BCUT2D eigenvalue weighted by molar-refractivity contribution is 0.102. The van der Waals surface area contributed by atoms with Crippen LogP contribution in [0.2, 0.25) is 0 Å². The van der Waals surface area contributed by atoms with Crippen molar-refractivity contribution in [2.45, 2.75) is 6.92 Å². The molecule has 0 aliphatic carbocycles. The Morgan fingerprint density at radius 1 is 0.935 bits per heavy atom. The van der Waals surface area contributed by atoms with Gasteiger partial charge in [0, 0.05) is 17.4 Å². The van der Waals surface area contributed by atoms with Crippen LogP contribution in [0, 0.1) is 6.92 Å². The first-order valence-electron chi connectivity index (χ1n) is 9.84. The van der Waals surface area contributed by atoms with Crippen molar-refractivity contribution in [3.63, 3.8) is 0 Å². The van der Waals surface area contributed by atoms with Gasteiger partial charge in [-0.05, 0) is 55.0 Å². The molecule has 1 amide bonds. The third-order valence-corrected chi connectivity index (χ3v) is 4.92. The van der Waals surface area contributed by atoms with E-state index < -0.39 is 0 Å². The van der Waals surface area contributed by atoms with E-state index in [4.69, 9.17) is 14.6 Å². The van der Waals surface area contributed by atoms with Crippen LogP contribution in [0.5, 0.6) is 11.5 Å². The Balaban J connectivity index is 1.84. The summed E-state index contributed by atoms with van der Waals surface area (Å²) in [5.74, 6) is 0.992. The fraction of sp³-hybridized carbons (Fsp3) is 0.120. The molecule has 0 unspecified atom stereocenters. The Bertz CT molecular complexity index is 1220. The monoisotopic (exact) mass is 413 g/mol. The van der Waals surface area contributed by atoms with E-state index in [9.17, 15) is 4.79 Å². The maximum atomic E-state index is 13.3. The molecule has 0 saturated heterocycles. The molecule has 0 aliphatic rings. The van der Waals surface area contributed by atoms with Gasteiger partial charge in [-0.15, -0.1) is 0 Å². The molecule has 1 aromatic heterocycles. The van der Waals surface area contributed by atoms with E-state index in [1.54, 1.807) is 31.2 Å². The standard InChI is InChI=1S/C25H23N3O3/c1-17-8-7-9-18(14-17)26-25(29)22-16-28(19-10-5-4-6-11-19)27-24(22)21-15-20(30-2)12-13-23(21)31-3/h4-16H,1-3H3,(H,26,29). The van der Waals surface area contributed by atoms with Gasteiger partial charge < -0.3 is 14.8 Å². The number of ether oxygens (including phenoxy) is 2. The second-order valence-electron chi connectivity index (χ2n) is 7.06. The van der Waals surface area contributed by atoms with Crippen LogP contribution >= 0.6 is 0 Å². The molecular formula is C25H23N3O3. The first-order valence-corrected chi connectivity index (χ1v) is 9.84. The Labute approximate surface area is 181 Å². The summed E-state index contributed by atoms with van der Waals surface area (Å²) >= 11 is 0. The summed E-state index contributed by atoms with van der Waals surface area (Å²) in [5.41, 5.74) is 4.24. The van der Waals surface area contributed by atoms with E-state index >= 15 is 0 Å². The van der Waals surface area contributed by atoms with Crippen molar-refractivity contribution in [2.75, 3.05) is 19.5 Å². The van der Waals surface area contributed by atoms with E-state index in [2.05, 4.69) is 5.32 Å². The maximum absolute atomic E-state index is 13.3. The van der Waals surface area contributed by atoms with Crippen LogP contribution in [0.25, 0.3) is 16.9 Å². The van der Waals surface area contributed by atoms with E-state index in [0.717, 1.165) is 16.9 Å². The summed E-state index contributed by atoms with van der Waals surface area (Å²) in [7, 11) is 3.19. The summed E-state index contributed by atoms with van der Waals surface area (Å²) in [6.45, 7) is 1.98. The van der Waals surface area contributed by atoms with Crippen molar-refractivity contribution in [1.29, 1.82) is 0 Å². The van der Waals surface area contributed by atoms with Gasteiger partial charge in [0.25, 0.3) is 5.91 Å². The minimum Gasteiger partial charge on any atom is -0.497 e. The molecule has 0 bridgehead atoms. The number of benzene rings is 3. The molecule has 0 atom stereocenters. The van der Waals surface area contributed by atoms with Crippen LogP contribution in [-0.4, -0.2) is 29.9 Å². The largest absolute Gasteiger partial charge is 0.497 e. The predicted octanol–water partition coefficient (Wildman–Crippen LogP) is 5.12. The third kappa shape index (κ3) is 4.28. The van der Waals surface area contributed by atoms with E-state index in [0.29, 0.717) is 28.3 Å². The number of anilines is 1. The van der Waals surface area contributed by atoms with Gasteiger partial charge in [0.05, 0.1) is 25.5 Å². The fourth-order valence-corrected chi connectivity index (χ4v) is 3.37. The molecule has 1 N–H and O–H groups in total. The number of para-hydroxylation sites is 1. The number of hydrogen-bond donors (Lipinski definition) is 1. The lowest BCUT2D eigenvalue weighted by Gasteiger charge is -2.11. The van der Waals surface area contributed by atoms with Crippen LogP contribution in [0.15, 0.2) is 79.0 Å². The smallest absolute Gasteiger partial charge is 0.259 e. The molecule has 6 heteroatoms. The lowest BCUT2D eigenvalue weighted by atomic mass is 10.1. The fourth-order valence-electron chi connectivity index (χ4n) is 3.37. The summed E-state index contributed by atoms with van der Waals surface area (Å²) in [4.78, 5) is 13.3. The molecule has 156 valence electrons. The van der Waals surface area contributed by atoms with Gasteiger partial charge in [-0.1, -0.05) is 30.3 Å². The number of aryl methyl sites for hydroxylation is 1. The van der Waals surface area contributed by atoms with Crippen molar-refractivity contribution < 1.29 is 14.3 Å². The van der Waals surface area contributed by atoms with E-state index in [1.165, 1.54) is 0 Å². The zero-order valence-electron chi connectivity index (χ0n) is 17.6. The maximum Gasteiger partial charge on any atom is 0.259 e. The number of rotatable bonds is 6. The molecule has 6 nitrogen and oxygen atoms in total. The SMILES string of the molecule is COc1ccc(OC)c(-c2nn(-c3ccccc3)cc2C(=O)Nc2cccc(C)c2)c1. The van der Waals surface area contributed by atoms with Crippen LogP contribution in [0.3, 0.4) is 0 Å². The molecule has 31 heavy (non-hydrogen) atoms. The number of nitrogens with one attached hydrogen (secondary N) is 1. The highest BCUT2D eigenvalue weighted by Crippen LogP contribution is 2.35. The normalized spacial score (nSPS) is 10.5. The quantitative estimate of drug-likeness (QED) is 0.477. The molecule has 0 spiro atoms. The molecule has 4 rings (SSSR count). The summed E-state index contributed by atoms with van der Waals surface area (Å²) < 4.78 is 12.6. The summed E-state index contributed by atoms with van der Waals surface area (Å²) in [6.07, 6.45) is 1.73. The minimum absolute atomic E-state index is 0.257. The van der Waals surface area contributed by atoms with Crippen LogP contribution in [0.1, 0.15) is 15.9 Å². The summed E-state index contributed by atoms with van der Waals surface area (Å²) in [6, 6.07) is 22.8. The Morgan fingerprint density at radius 2 is 1.74 bits per heavy atom. The zero-order chi connectivity index (χ0) is 21.8. The molecule has 0 radical (unpaired) electrons. The average Bonchev–Trinajstić information content (AvgIpc) is 3.25. The van der Waals surface area contributed by atoms with Crippen LogP contribution in [-0.2, 0) is 0 Å². The number of carbonyl (C=O) groups is 1. The first kappa shape index (κ1) is 20.2. The number of aromatic nitrogens is 2. The zero-order valence-corrected chi connectivity index (χ0v) is 17.6. The highest BCUT2D eigenvalue weighted by atomic mass is 16.5. The molecular weight excluding hydrogens is 390 g/mol. The first-order chi connectivity index (χ1) is 15.1. The van der Waals surface area contributed by atoms with Crippen molar-refractivity contribution in [3.8, 4) is 28.4 Å². The molecule has 4 aromatic rings. The van der Waals surface area contributed by atoms with Crippen LogP contribution < -0.4 is 14.8 Å². The van der Waals surface area contributed by atoms with Crippen LogP contribution in [0.4, 0.5) is 5.69 Å². The second kappa shape index (κ2) is 8.75. The topological polar surface area (TPSA) is 65.4 Å². The molecule has 0 fully saturated rings. The van der Waals surface area contributed by atoms with Gasteiger partial charge in [0.1, 0.15) is 17.2 Å². The number of nitrogens with zero attached hydrogens (tertiary/aromatic N) is 2. The number of carbonyl (C=O) groups excluding carboxylic acids is 1. The van der Waals surface area contributed by atoms with Gasteiger partial charge >= 0.3 is 0 Å². The second-order valence-corrected chi connectivity index (χ2v) is 7.06. The number of methoxy groups -OCH3 is 2. The molecule has 0 aliphatic heterocycles. The number of amides is 1. The van der Waals surface area contributed by atoms with E-state index in [1.807, 2.05) is 73.7 Å². The summed E-state index contributed by atoms with van der Waals surface area (Å²) in [5, 5.41) is 7.71. The van der Waals surface area contributed by atoms with Gasteiger partial charge in [0.2, 0.25) is 0 Å². The molecule has 0 saturated carbocycles.